The highest BCUT2D eigenvalue weighted by Gasteiger charge is 2.33. The van der Waals surface area contributed by atoms with E-state index in [4.69, 9.17) is 4.74 Å². The van der Waals surface area contributed by atoms with Gasteiger partial charge in [-0.25, -0.2) is 9.78 Å². The highest BCUT2D eigenvalue weighted by atomic mass is 79.9. The molecule has 1 atom stereocenters. The summed E-state index contributed by atoms with van der Waals surface area (Å²) in [6.45, 7) is 6.90. The first-order valence-corrected chi connectivity index (χ1v) is 13.6. The lowest BCUT2D eigenvalue weighted by Crippen LogP contribution is -2.47. The van der Waals surface area contributed by atoms with E-state index in [9.17, 15) is 9.59 Å². The lowest BCUT2D eigenvalue weighted by molar-refractivity contribution is 0.0206. The summed E-state index contributed by atoms with van der Waals surface area (Å²) >= 11 is 3.55. The molecule has 1 aliphatic carbocycles. The first-order valence-electron chi connectivity index (χ1n) is 12.8. The van der Waals surface area contributed by atoms with E-state index < -0.39 is 5.60 Å². The summed E-state index contributed by atoms with van der Waals surface area (Å²) in [5.74, 6) is 0.959. The van der Waals surface area contributed by atoms with Crippen molar-refractivity contribution in [3.8, 4) is 0 Å². The van der Waals surface area contributed by atoms with Crippen LogP contribution in [-0.2, 0) is 4.74 Å². The highest BCUT2D eigenvalue weighted by molar-refractivity contribution is 9.10. The molecule has 2 aliphatic rings. The first kappa shape index (κ1) is 25.4. The molecule has 1 amide bonds. The van der Waals surface area contributed by atoms with E-state index in [1.165, 1.54) is 0 Å². The van der Waals surface area contributed by atoms with E-state index >= 15 is 0 Å². The molecule has 9 heteroatoms. The summed E-state index contributed by atoms with van der Waals surface area (Å²) < 4.78 is 6.46. The second-order valence-corrected chi connectivity index (χ2v) is 11.7. The summed E-state index contributed by atoms with van der Waals surface area (Å²) in [5, 5.41) is 7.77. The van der Waals surface area contributed by atoms with Crippen LogP contribution in [0.25, 0.3) is 10.9 Å². The molecular formula is C28H32BrN5O3. The highest BCUT2D eigenvalue weighted by Crippen LogP contribution is 2.38. The summed E-state index contributed by atoms with van der Waals surface area (Å²) in [7, 11) is 0. The molecule has 2 N–H and O–H groups in total. The van der Waals surface area contributed by atoms with Gasteiger partial charge in [-0.2, -0.15) is 0 Å². The van der Waals surface area contributed by atoms with E-state index in [0.29, 0.717) is 18.7 Å². The number of nitrogens with one attached hydrogen (secondary N) is 2. The lowest BCUT2D eigenvalue weighted by Gasteiger charge is -2.34. The lowest BCUT2D eigenvalue weighted by atomic mass is 10.0. The van der Waals surface area contributed by atoms with Crippen molar-refractivity contribution in [2.75, 3.05) is 23.7 Å². The van der Waals surface area contributed by atoms with E-state index in [0.717, 1.165) is 58.3 Å². The topological polar surface area (TPSA) is 96.5 Å². The third kappa shape index (κ3) is 6.21. The number of ether oxygens (including phenoxy) is 1. The molecule has 8 nitrogen and oxygen atoms in total. The van der Waals surface area contributed by atoms with Crippen LogP contribution in [0, 0.1) is 5.92 Å². The van der Waals surface area contributed by atoms with Crippen LogP contribution in [0.15, 0.2) is 47.2 Å². The van der Waals surface area contributed by atoms with E-state index in [-0.39, 0.29) is 23.8 Å². The Morgan fingerprint density at radius 3 is 2.59 bits per heavy atom. The zero-order chi connectivity index (χ0) is 26.2. The van der Waals surface area contributed by atoms with Crippen LogP contribution in [0.4, 0.5) is 22.0 Å². The Labute approximate surface area is 225 Å². The van der Waals surface area contributed by atoms with Crippen LogP contribution in [0.2, 0.25) is 0 Å². The Morgan fingerprint density at radius 2 is 1.89 bits per heavy atom. The van der Waals surface area contributed by atoms with Crippen LogP contribution < -0.4 is 10.6 Å². The smallest absolute Gasteiger partial charge is 0.410 e. The number of ketones is 1. The van der Waals surface area contributed by atoms with Crippen molar-refractivity contribution in [2.24, 2.45) is 5.92 Å². The number of carbonyl (C=O) groups is 2. The molecule has 3 aromatic rings. The van der Waals surface area contributed by atoms with Gasteiger partial charge in [0, 0.05) is 41.1 Å². The average Bonchev–Trinajstić information content (AvgIpc) is 3.70. The summed E-state index contributed by atoms with van der Waals surface area (Å²) in [6, 6.07) is 9.81. The zero-order valence-corrected chi connectivity index (χ0v) is 23.0. The number of hydrogen-bond donors (Lipinski definition) is 2. The molecule has 37 heavy (non-hydrogen) atoms. The first-order chi connectivity index (χ1) is 17.7. The predicted molar refractivity (Wildman–Crippen MR) is 148 cm³/mol. The standard InChI is InChI=1S/C28H32BrN5O3/c1-28(2,3)37-27(36)34-12-4-5-20(16-34)32-24-11-9-19(14-31-24)33-25-21-13-18(29)8-10-23(21)30-15-22(25)26(35)17-6-7-17/h8-11,13-15,17,20H,4-7,12,16H2,1-3H3,(H,30,33)(H,31,32). The Hall–Kier alpha value is -3.20. The van der Waals surface area contributed by atoms with Gasteiger partial charge in [0.25, 0.3) is 0 Å². The van der Waals surface area contributed by atoms with Crippen molar-refractivity contribution in [2.45, 2.75) is 58.1 Å². The Balaban J connectivity index is 1.31. The molecule has 2 fully saturated rings. The number of aromatic nitrogens is 2. The fourth-order valence-corrected chi connectivity index (χ4v) is 4.91. The SMILES string of the molecule is CC(C)(C)OC(=O)N1CCCC(Nc2ccc(Nc3c(C(=O)C4CC4)cnc4ccc(Br)cc34)cn2)C1. The number of likely N-dealkylation sites (tertiary alicyclic amines) is 1. The van der Waals surface area contributed by atoms with Crippen LogP contribution >= 0.6 is 15.9 Å². The van der Waals surface area contributed by atoms with E-state index in [1.807, 2.05) is 51.1 Å². The van der Waals surface area contributed by atoms with Crippen LogP contribution in [0.5, 0.6) is 0 Å². The third-order valence-electron chi connectivity index (χ3n) is 6.50. The molecule has 3 heterocycles. The van der Waals surface area contributed by atoms with Gasteiger partial charge in [-0.1, -0.05) is 15.9 Å². The molecule has 5 rings (SSSR count). The van der Waals surface area contributed by atoms with E-state index in [2.05, 4.69) is 36.5 Å². The van der Waals surface area contributed by atoms with Crippen molar-refractivity contribution >= 4 is 55.9 Å². The summed E-state index contributed by atoms with van der Waals surface area (Å²) in [5.41, 5.74) is 2.45. The summed E-state index contributed by atoms with van der Waals surface area (Å²) in [4.78, 5) is 36.4. The van der Waals surface area contributed by atoms with Crippen LogP contribution in [0.1, 0.15) is 56.8 Å². The molecule has 0 spiro atoms. The van der Waals surface area contributed by atoms with Crippen molar-refractivity contribution in [3.63, 3.8) is 0 Å². The Morgan fingerprint density at radius 1 is 1.08 bits per heavy atom. The maximum atomic E-state index is 13.0. The average molecular weight is 567 g/mol. The minimum Gasteiger partial charge on any atom is -0.444 e. The molecule has 1 aliphatic heterocycles. The van der Waals surface area contributed by atoms with Gasteiger partial charge in [-0.05, 0) is 76.8 Å². The van der Waals surface area contributed by atoms with Crippen LogP contribution in [-0.4, -0.2) is 51.5 Å². The van der Waals surface area contributed by atoms with Gasteiger partial charge in [0.15, 0.2) is 5.78 Å². The molecule has 1 aromatic carbocycles. The van der Waals surface area contributed by atoms with Crippen molar-refractivity contribution in [1.29, 1.82) is 0 Å². The quantitative estimate of drug-likeness (QED) is 0.327. The maximum Gasteiger partial charge on any atom is 0.410 e. The number of pyridine rings is 2. The molecule has 2 aromatic heterocycles. The molecule has 194 valence electrons. The van der Waals surface area contributed by atoms with E-state index in [1.54, 1.807) is 17.3 Å². The predicted octanol–water partition coefficient (Wildman–Crippen LogP) is 6.54. The maximum absolute atomic E-state index is 13.0. The number of anilines is 3. The minimum absolute atomic E-state index is 0.0902. The Bertz CT molecular complexity index is 1320. The molecular weight excluding hydrogens is 534 g/mol. The van der Waals surface area contributed by atoms with Gasteiger partial charge in [-0.3, -0.25) is 9.78 Å². The second-order valence-electron chi connectivity index (χ2n) is 10.8. The van der Waals surface area contributed by atoms with Crippen molar-refractivity contribution in [1.82, 2.24) is 14.9 Å². The number of rotatable bonds is 6. The van der Waals surface area contributed by atoms with Gasteiger partial charge < -0.3 is 20.3 Å². The number of benzene rings is 1. The number of nitrogens with zero attached hydrogens (tertiary/aromatic N) is 3. The van der Waals surface area contributed by atoms with Gasteiger partial charge in [0.05, 0.1) is 28.7 Å². The summed E-state index contributed by atoms with van der Waals surface area (Å²) in [6.07, 6.45) is 6.88. The second kappa shape index (κ2) is 10.3. The van der Waals surface area contributed by atoms with Gasteiger partial charge in [-0.15, -0.1) is 0 Å². The van der Waals surface area contributed by atoms with Crippen molar-refractivity contribution in [3.05, 3.63) is 52.8 Å². The fraction of sp³-hybridized carbons (Fsp3) is 0.429. The molecule has 1 saturated heterocycles. The number of carbonyl (C=O) groups excluding carboxylic acids is 2. The van der Waals surface area contributed by atoms with Gasteiger partial charge in [0.2, 0.25) is 0 Å². The Kier molecular flexibility index (Phi) is 7.07. The monoisotopic (exact) mass is 565 g/mol. The minimum atomic E-state index is -0.513. The molecule has 1 unspecified atom stereocenters. The molecule has 0 radical (unpaired) electrons. The number of fused-ring (bicyclic) bond motifs is 1. The van der Waals surface area contributed by atoms with Gasteiger partial charge in [0.1, 0.15) is 11.4 Å². The zero-order valence-electron chi connectivity index (χ0n) is 21.4. The number of Topliss-reactive ketones (excluding diaryl/α,β-unsaturated/α-hetero) is 1. The van der Waals surface area contributed by atoms with Crippen LogP contribution in [0.3, 0.4) is 0 Å². The largest absolute Gasteiger partial charge is 0.444 e. The van der Waals surface area contributed by atoms with Crippen molar-refractivity contribution < 1.29 is 14.3 Å². The number of piperidine rings is 1. The molecule has 0 bridgehead atoms. The number of halogens is 1. The third-order valence-corrected chi connectivity index (χ3v) is 6.99. The fourth-order valence-electron chi connectivity index (χ4n) is 4.55. The number of amides is 1. The molecule has 1 saturated carbocycles. The number of hydrogen-bond acceptors (Lipinski definition) is 7. The normalized spacial score (nSPS) is 17.9. The van der Waals surface area contributed by atoms with Gasteiger partial charge >= 0.3 is 6.09 Å².